The molecule has 1 saturated carbocycles. The average Bonchev–Trinajstić information content (AvgIpc) is 2.98. The normalized spacial score (nSPS) is 17.8. The SMILES string of the molecule is CCNC(CCc1ccc(CC)cc1)C1CCCC1. The number of hydrogen-bond donors (Lipinski definition) is 1. The van der Waals surface area contributed by atoms with Crippen molar-refractivity contribution in [3.05, 3.63) is 35.4 Å². The van der Waals surface area contributed by atoms with Crippen LogP contribution in [0.5, 0.6) is 0 Å². The first kappa shape index (κ1) is 14.6. The van der Waals surface area contributed by atoms with Gasteiger partial charge >= 0.3 is 0 Å². The fourth-order valence-electron chi connectivity index (χ4n) is 3.39. The van der Waals surface area contributed by atoms with Crippen LogP contribution in [0, 0.1) is 5.92 Å². The summed E-state index contributed by atoms with van der Waals surface area (Å²) >= 11 is 0. The molecule has 1 heteroatoms. The second kappa shape index (κ2) is 7.69. The molecule has 0 aliphatic heterocycles. The lowest BCUT2D eigenvalue weighted by atomic mass is 9.92. The number of hydrogen-bond acceptors (Lipinski definition) is 1. The van der Waals surface area contributed by atoms with Gasteiger partial charge in [0, 0.05) is 6.04 Å². The van der Waals surface area contributed by atoms with Gasteiger partial charge in [-0.3, -0.25) is 0 Å². The van der Waals surface area contributed by atoms with E-state index in [1.807, 2.05) is 0 Å². The second-order valence-electron chi connectivity index (χ2n) is 5.92. The molecular weight excluding hydrogens is 230 g/mol. The van der Waals surface area contributed by atoms with Crippen molar-refractivity contribution in [3.8, 4) is 0 Å². The predicted octanol–water partition coefficient (Wildman–Crippen LogP) is 4.35. The molecule has 0 bridgehead atoms. The maximum atomic E-state index is 3.72. The third-order valence-electron chi connectivity index (χ3n) is 4.61. The van der Waals surface area contributed by atoms with E-state index in [-0.39, 0.29) is 0 Å². The molecule has 1 aromatic carbocycles. The van der Waals surface area contributed by atoms with Crippen LogP contribution in [-0.2, 0) is 12.8 Å². The van der Waals surface area contributed by atoms with Crippen LogP contribution >= 0.6 is 0 Å². The van der Waals surface area contributed by atoms with E-state index in [0.717, 1.165) is 24.9 Å². The minimum Gasteiger partial charge on any atom is -0.314 e. The molecule has 0 aromatic heterocycles. The maximum Gasteiger partial charge on any atom is 0.00983 e. The third-order valence-corrected chi connectivity index (χ3v) is 4.61. The summed E-state index contributed by atoms with van der Waals surface area (Å²) in [5, 5.41) is 3.72. The van der Waals surface area contributed by atoms with Gasteiger partial charge in [0.2, 0.25) is 0 Å². The Labute approximate surface area is 118 Å². The maximum absolute atomic E-state index is 3.72. The summed E-state index contributed by atoms with van der Waals surface area (Å²) < 4.78 is 0. The van der Waals surface area contributed by atoms with Gasteiger partial charge in [-0.25, -0.2) is 0 Å². The van der Waals surface area contributed by atoms with Crippen molar-refractivity contribution in [2.45, 2.75) is 64.8 Å². The Morgan fingerprint density at radius 2 is 1.68 bits per heavy atom. The van der Waals surface area contributed by atoms with Gasteiger partial charge in [0.1, 0.15) is 0 Å². The van der Waals surface area contributed by atoms with Gasteiger partial charge in [0.05, 0.1) is 0 Å². The molecule has 1 aliphatic carbocycles. The molecule has 1 aliphatic rings. The van der Waals surface area contributed by atoms with Crippen molar-refractivity contribution in [1.82, 2.24) is 5.32 Å². The van der Waals surface area contributed by atoms with Crippen LogP contribution in [0.25, 0.3) is 0 Å². The van der Waals surface area contributed by atoms with Gasteiger partial charge in [0.25, 0.3) is 0 Å². The number of aryl methyl sites for hydroxylation is 2. The Morgan fingerprint density at radius 1 is 1.05 bits per heavy atom. The summed E-state index contributed by atoms with van der Waals surface area (Å²) in [4.78, 5) is 0. The summed E-state index contributed by atoms with van der Waals surface area (Å²) in [7, 11) is 0. The van der Waals surface area contributed by atoms with Crippen LogP contribution in [0.2, 0.25) is 0 Å². The number of benzene rings is 1. The Kier molecular flexibility index (Phi) is 5.91. The predicted molar refractivity (Wildman–Crippen MR) is 83.6 cm³/mol. The molecule has 0 radical (unpaired) electrons. The van der Waals surface area contributed by atoms with Gasteiger partial charge in [-0.1, -0.05) is 51.0 Å². The zero-order valence-electron chi connectivity index (χ0n) is 12.6. The van der Waals surface area contributed by atoms with E-state index in [9.17, 15) is 0 Å². The monoisotopic (exact) mass is 259 g/mol. The number of nitrogens with one attached hydrogen (secondary N) is 1. The highest BCUT2D eigenvalue weighted by Crippen LogP contribution is 2.29. The molecule has 106 valence electrons. The Balaban J connectivity index is 1.86. The van der Waals surface area contributed by atoms with E-state index < -0.39 is 0 Å². The first-order valence-corrected chi connectivity index (χ1v) is 8.14. The van der Waals surface area contributed by atoms with Crippen LogP contribution in [0.15, 0.2) is 24.3 Å². The fourth-order valence-corrected chi connectivity index (χ4v) is 3.39. The summed E-state index contributed by atoms with van der Waals surface area (Å²) in [5.74, 6) is 0.926. The summed E-state index contributed by atoms with van der Waals surface area (Å²) in [5.41, 5.74) is 2.95. The molecule has 1 nitrogen and oxygen atoms in total. The standard InChI is InChI=1S/C18H29N/c1-3-15-9-11-16(12-10-15)13-14-18(19-4-2)17-7-5-6-8-17/h9-12,17-19H,3-8,13-14H2,1-2H3. The molecule has 0 heterocycles. The Hall–Kier alpha value is -0.820. The van der Waals surface area contributed by atoms with Crippen molar-refractivity contribution in [1.29, 1.82) is 0 Å². The van der Waals surface area contributed by atoms with E-state index in [0.29, 0.717) is 0 Å². The zero-order valence-corrected chi connectivity index (χ0v) is 12.6. The molecule has 1 N–H and O–H groups in total. The highest BCUT2D eigenvalue weighted by Gasteiger charge is 2.23. The summed E-state index contributed by atoms with van der Waals surface area (Å²) in [6.07, 6.45) is 9.42. The van der Waals surface area contributed by atoms with Crippen molar-refractivity contribution in [3.63, 3.8) is 0 Å². The van der Waals surface area contributed by atoms with Crippen LogP contribution in [-0.4, -0.2) is 12.6 Å². The largest absolute Gasteiger partial charge is 0.314 e. The van der Waals surface area contributed by atoms with Crippen LogP contribution < -0.4 is 5.32 Å². The average molecular weight is 259 g/mol. The highest BCUT2D eigenvalue weighted by atomic mass is 14.9. The number of rotatable bonds is 7. The first-order valence-electron chi connectivity index (χ1n) is 8.14. The summed E-state index contributed by atoms with van der Waals surface area (Å²) in [6, 6.07) is 9.94. The van der Waals surface area contributed by atoms with Gasteiger partial charge in [0.15, 0.2) is 0 Å². The molecule has 1 unspecified atom stereocenters. The molecule has 0 saturated heterocycles. The molecule has 0 spiro atoms. The lowest BCUT2D eigenvalue weighted by Crippen LogP contribution is -2.35. The Bertz CT molecular complexity index is 348. The van der Waals surface area contributed by atoms with Gasteiger partial charge in [-0.05, 0) is 55.7 Å². The zero-order chi connectivity index (χ0) is 13.5. The molecular formula is C18H29N. The minimum absolute atomic E-state index is 0.735. The smallest absolute Gasteiger partial charge is 0.00983 e. The molecule has 2 rings (SSSR count). The van der Waals surface area contributed by atoms with Crippen molar-refractivity contribution < 1.29 is 0 Å². The fraction of sp³-hybridized carbons (Fsp3) is 0.667. The quantitative estimate of drug-likeness (QED) is 0.767. The van der Waals surface area contributed by atoms with Gasteiger partial charge < -0.3 is 5.32 Å². The minimum atomic E-state index is 0.735. The Morgan fingerprint density at radius 3 is 2.26 bits per heavy atom. The molecule has 1 atom stereocenters. The van der Waals surface area contributed by atoms with Gasteiger partial charge in [-0.2, -0.15) is 0 Å². The molecule has 19 heavy (non-hydrogen) atoms. The lowest BCUT2D eigenvalue weighted by molar-refractivity contribution is 0.346. The van der Waals surface area contributed by atoms with E-state index in [4.69, 9.17) is 0 Å². The van der Waals surface area contributed by atoms with Crippen LogP contribution in [0.3, 0.4) is 0 Å². The topological polar surface area (TPSA) is 12.0 Å². The van der Waals surface area contributed by atoms with E-state index in [2.05, 4.69) is 43.4 Å². The van der Waals surface area contributed by atoms with E-state index in [1.165, 1.54) is 49.7 Å². The molecule has 1 fully saturated rings. The molecule has 0 amide bonds. The van der Waals surface area contributed by atoms with E-state index >= 15 is 0 Å². The first-order chi connectivity index (χ1) is 9.33. The van der Waals surface area contributed by atoms with Crippen molar-refractivity contribution in [2.24, 2.45) is 5.92 Å². The van der Waals surface area contributed by atoms with Crippen LogP contribution in [0.4, 0.5) is 0 Å². The van der Waals surface area contributed by atoms with Crippen LogP contribution in [0.1, 0.15) is 57.1 Å². The second-order valence-corrected chi connectivity index (χ2v) is 5.92. The van der Waals surface area contributed by atoms with E-state index in [1.54, 1.807) is 0 Å². The summed E-state index contributed by atoms with van der Waals surface area (Å²) in [6.45, 7) is 5.56. The van der Waals surface area contributed by atoms with Crippen molar-refractivity contribution in [2.75, 3.05) is 6.54 Å². The highest BCUT2D eigenvalue weighted by molar-refractivity contribution is 5.22. The van der Waals surface area contributed by atoms with Crippen molar-refractivity contribution >= 4 is 0 Å². The van der Waals surface area contributed by atoms with Gasteiger partial charge in [-0.15, -0.1) is 0 Å². The molecule has 1 aromatic rings. The lowest BCUT2D eigenvalue weighted by Gasteiger charge is -2.24. The third kappa shape index (κ3) is 4.35.